The molecule has 0 fully saturated rings. The van der Waals surface area contributed by atoms with Gasteiger partial charge in [-0.2, -0.15) is 0 Å². The number of aromatic nitrogens is 2. The van der Waals surface area contributed by atoms with Crippen LogP contribution in [-0.2, 0) is 11.2 Å². The third-order valence-corrected chi connectivity index (χ3v) is 14.9. The molecule has 0 saturated carbocycles. The number of benzene rings is 6. The van der Waals surface area contributed by atoms with Gasteiger partial charge >= 0.3 is 0 Å². The summed E-state index contributed by atoms with van der Waals surface area (Å²) < 4.78 is 16.6. The summed E-state index contributed by atoms with van der Waals surface area (Å²) in [5.41, 5.74) is 10.7. The first-order valence-electron chi connectivity index (χ1n) is 24.4. The number of hydrogen-bond acceptors (Lipinski definition) is 8. The van der Waals surface area contributed by atoms with E-state index in [1.807, 2.05) is 64.4 Å². The van der Waals surface area contributed by atoms with Gasteiger partial charge < -0.3 is 49.5 Å². The van der Waals surface area contributed by atoms with E-state index in [0.29, 0.717) is 65.5 Å². The number of H-pyrrole nitrogens is 2. The van der Waals surface area contributed by atoms with Crippen molar-refractivity contribution in [3.63, 3.8) is 0 Å². The van der Waals surface area contributed by atoms with E-state index in [1.54, 1.807) is 33.2 Å². The molecule has 0 bridgehead atoms. The molecule has 3 amide bonds. The number of aromatic amines is 2. The number of amides is 3. The lowest BCUT2D eigenvalue weighted by Gasteiger charge is -2.20. The van der Waals surface area contributed by atoms with Crippen molar-refractivity contribution in [1.29, 1.82) is 0 Å². The lowest BCUT2D eigenvalue weighted by molar-refractivity contribution is -0.116. The molecule has 6 aromatic carbocycles. The van der Waals surface area contributed by atoms with Gasteiger partial charge in [0, 0.05) is 106 Å². The molecule has 2 atom stereocenters. The molecular weight excluding hydrogens is 950 g/mol. The maximum atomic E-state index is 13.9. The summed E-state index contributed by atoms with van der Waals surface area (Å²) in [6.45, 7) is 11.7. The zero-order valence-corrected chi connectivity index (χ0v) is 43.3. The average Bonchev–Trinajstić information content (AvgIpc) is 4.23. The summed E-state index contributed by atoms with van der Waals surface area (Å²) >= 11 is 12.9. The Bertz CT molecular complexity index is 3460. The van der Waals surface area contributed by atoms with E-state index in [0.717, 1.165) is 89.4 Å². The van der Waals surface area contributed by atoms with Gasteiger partial charge in [-0.05, 0) is 104 Å². The van der Waals surface area contributed by atoms with E-state index in [4.69, 9.17) is 37.4 Å². The molecule has 3 aliphatic heterocycles. The van der Waals surface area contributed by atoms with Crippen LogP contribution >= 0.6 is 23.2 Å². The van der Waals surface area contributed by atoms with Gasteiger partial charge in [0.2, 0.25) is 11.7 Å². The average molecular weight is 1010 g/mol. The lowest BCUT2D eigenvalue weighted by atomic mass is 9.95. The van der Waals surface area contributed by atoms with Crippen LogP contribution < -0.4 is 39.5 Å². The molecule has 5 heterocycles. The summed E-state index contributed by atoms with van der Waals surface area (Å²) in [7, 11) is 4.69. The summed E-state index contributed by atoms with van der Waals surface area (Å²) in [5, 5.41) is 13.4. The van der Waals surface area contributed by atoms with E-state index >= 15 is 0 Å². The Hall–Kier alpha value is -7.09. The summed E-state index contributed by atoms with van der Waals surface area (Å²) in [5.74, 6) is 2.28. The van der Waals surface area contributed by atoms with Gasteiger partial charge in [-0.25, -0.2) is 0 Å². The van der Waals surface area contributed by atoms with Crippen LogP contribution in [0.4, 0.5) is 28.4 Å². The van der Waals surface area contributed by atoms with E-state index in [2.05, 4.69) is 84.7 Å². The Morgan fingerprint density at radius 3 is 1.64 bits per heavy atom. The molecule has 4 N–H and O–H groups in total. The van der Waals surface area contributed by atoms with E-state index in [-0.39, 0.29) is 41.6 Å². The number of alkyl halides is 2. The van der Waals surface area contributed by atoms with Crippen LogP contribution in [-0.4, -0.2) is 92.5 Å². The highest BCUT2D eigenvalue weighted by Crippen LogP contribution is 2.48. The third-order valence-electron chi connectivity index (χ3n) is 14.1. The Labute approximate surface area is 428 Å². The first kappa shape index (κ1) is 48.5. The number of anilines is 5. The Kier molecular flexibility index (Phi) is 13.1. The van der Waals surface area contributed by atoms with Crippen molar-refractivity contribution in [1.82, 2.24) is 9.97 Å². The van der Waals surface area contributed by atoms with Gasteiger partial charge in [0.25, 0.3) is 11.8 Å². The van der Waals surface area contributed by atoms with E-state index in [1.165, 1.54) is 0 Å². The maximum absolute atomic E-state index is 13.9. The summed E-state index contributed by atoms with van der Waals surface area (Å²) in [6.07, 6.45) is 0.787. The molecular formula is C57H59Cl2N7O6. The minimum absolute atomic E-state index is 0.0303. The van der Waals surface area contributed by atoms with Gasteiger partial charge in [0.15, 0.2) is 11.5 Å². The van der Waals surface area contributed by atoms with Crippen molar-refractivity contribution >= 4 is 113 Å². The Balaban J connectivity index is 0.000000166. The normalized spacial score (nSPS) is 15.9. The monoisotopic (exact) mass is 1010 g/mol. The molecule has 72 heavy (non-hydrogen) atoms. The largest absolute Gasteiger partial charge is 0.493 e. The fraction of sp³-hybridized carbons (Fsp3) is 0.316. The fourth-order valence-corrected chi connectivity index (χ4v) is 11.6. The van der Waals surface area contributed by atoms with Crippen molar-refractivity contribution in [2.24, 2.45) is 0 Å². The zero-order valence-electron chi connectivity index (χ0n) is 41.8. The number of ether oxygens (including phenoxy) is 3. The molecule has 372 valence electrons. The van der Waals surface area contributed by atoms with Gasteiger partial charge in [-0.1, -0.05) is 48.5 Å². The highest BCUT2D eigenvalue weighted by molar-refractivity contribution is 6.20. The van der Waals surface area contributed by atoms with Crippen molar-refractivity contribution < 1.29 is 28.6 Å². The molecule has 15 heteroatoms. The molecule has 0 spiro atoms. The number of rotatable bonds is 11. The topological polar surface area (TPSA) is 144 Å². The molecule has 0 aliphatic carbocycles. The molecule has 13 nitrogen and oxygen atoms in total. The van der Waals surface area contributed by atoms with Crippen molar-refractivity contribution in [2.75, 3.05) is 78.1 Å². The summed E-state index contributed by atoms with van der Waals surface area (Å²) in [4.78, 5) is 52.0. The molecule has 0 saturated heterocycles. The molecule has 8 aromatic rings. The van der Waals surface area contributed by atoms with Crippen LogP contribution in [0.1, 0.15) is 84.1 Å². The Morgan fingerprint density at radius 1 is 0.625 bits per heavy atom. The van der Waals surface area contributed by atoms with Crippen molar-refractivity contribution in [3.05, 3.63) is 119 Å². The van der Waals surface area contributed by atoms with Gasteiger partial charge in [0.1, 0.15) is 11.4 Å². The first-order chi connectivity index (χ1) is 34.8. The maximum Gasteiger partial charge on any atom is 0.274 e. The number of halogens is 2. The number of nitrogens with zero attached hydrogens (tertiary/aromatic N) is 3. The molecule has 3 aliphatic rings. The van der Waals surface area contributed by atoms with Crippen LogP contribution in [0.25, 0.3) is 43.4 Å². The number of methoxy groups -OCH3 is 3. The van der Waals surface area contributed by atoms with Gasteiger partial charge in [-0.15, -0.1) is 23.2 Å². The van der Waals surface area contributed by atoms with Crippen LogP contribution in [0.2, 0.25) is 0 Å². The molecule has 0 unspecified atom stereocenters. The minimum atomic E-state index is -0.133. The van der Waals surface area contributed by atoms with Crippen LogP contribution in [0.5, 0.6) is 17.2 Å². The second kappa shape index (κ2) is 19.5. The number of hydrogen-bond donors (Lipinski definition) is 4. The number of carbonyl (C=O) groups is 3. The number of carbonyl (C=O) groups excluding carboxylic acids is 3. The van der Waals surface area contributed by atoms with E-state index < -0.39 is 0 Å². The van der Waals surface area contributed by atoms with Crippen molar-refractivity contribution in [3.8, 4) is 17.2 Å². The molecule has 0 radical (unpaired) electrons. The third kappa shape index (κ3) is 8.25. The van der Waals surface area contributed by atoms with Gasteiger partial charge in [0.05, 0.1) is 38.2 Å². The molecule has 2 aromatic heterocycles. The fourth-order valence-electron chi connectivity index (χ4n) is 11.1. The van der Waals surface area contributed by atoms with Crippen LogP contribution in [0.3, 0.4) is 0 Å². The number of fused-ring (bicyclic) bond motifs is 10. The van der Waals surface area contributed by atoms with E-state index in [9.17, 15) is 14.4 Å². The Morgan fingerprint density at radius 2 is 1.15 bits per heavy atom. The minimum Gasteiger partial charge on any atom is -0.493 e. The highest BCUT2D eigenvalue weighted by Gasteiger charge is 2.38. The smallest absolute Gasteiger partial charge is 0.274 e. The second-order valence-corrected chi connectivity index (χ2v) is 20.0. The second-order valence-electron chi connectivity index (χ2n) is 19.4. The standard InChI is InChI=1S/C29H29ClN4O2.C28H30ClN3O4/c1-16(2)31-24-13-27-28(21-7-5-4-6-19(21)24)18(14-30)15-34(27)29(36)25-12-22-20-10-11-33(17(3)35)26(20)9-8-23(22)32-25;1-15(2)30-20-12-22-24(19-9-7-6-8-18(19)20)17(13-29)14-32(22)28(33)21-10-16-11-23(34-3)26(35-4)27(36-5)25(16)31-21/h4-9,12-13,16,18,31-32H,10-11,14-15H2,1-3H3;6-12,15,17,30-31H,13-14H2,1-5H3/t18-;17-/m11/s1. The van der Waals surface area contributed by atoms with Crippen LogP contribution in [0.15, 0.2) is 91.0 Å². The lowest BCUT2D eigenvalue weighted by Crippen LogP contribution is -2.30. The zero-order chi connectivity index (χ0) is 50.7. The summed E-state index contributed by atoms with van der Waals surface area (Å²) in [6, 6.07) is 30.8. The van der Waals surface area contributed by atoms with Crippen LogP contribution in [0, 0.1) is 0 Å². The predicted molar refractivity (Wildman–Crippen MR) is 294 cm³/mol. The predicted octanol–water partition coefficient (Wildman–Crippen LogP) is 12.2. The van der Waals surface area contributed by atoms with Gasteiger partial charge in [-0.3, -0.25) is 14.4 Å². The number of nitrogens with one attached hydrogen (secondary N) is 4. The molecule has 11 rings (SSSR count). The van der Waals surface area contributed by atoms with Crippen molar-refractivity contribution in [2.45, 2.75) is 65.0 Å². The first-order valence-corrected chi connectivity index (χ1v) is 25.5. The quantitative estimate of drug-likeness (QED) is 0.0938. The SMILES string of the molecule is CC(=O)N1CCc2c1ccc1[nH]c(C(=O)N3C[C@@H](CCl)c4c3cc(NC(C)C)c3ccccc43)cc21.COc1cc2cc(C(=O)N3C[C@@H](CCl)c4c3cc(NC(C)C)c3ccccc43)[nH]c2c(OC)c1OC. The highest BCUT2D eigenvalue weighted by atomic mass is 35.5.